The molecule has 0 amide bonds. The van der Waals surface area contributed by atoms with Gasteiger partial charge >= 0.3 is 37.1 Å². The van der Waals surface area contributed by atoms with Crippen LogP contribution in [0.25, 0.3) is 0 Å². The Bertz CT molecular complexity index is 5830. The molecule has 0 aliphatic heterocycles. The van der Waals surface area contributed by atoms with Gasteiger partial charge in [-0.1, -0.05) is 0 Å². The van der Waals surface area contributed by atoms with Crippen molar-refractivity contribution in [2.45, 2.75) is 70.6 Å². The summed E-state index contributed by atoms with van der Waals surface area (Å²) in [5.41, 5.74) is -9.47. The topological polar surface area (TPSA) is 262 Å². The number of sulfone groups is 1. The highest BCUT2D eigenvalue weighted by Gasteiger charge is 2.42. The predicted octanol–water partition coefficient (Wildman–Crippen LogP) is 19.3. The first kappa shape index (κ1) is 94.8. The van der Waals surface area contributed by atoms with E-state index < -0.39 is 197 Å². The highest BCUT2D eigenvalue weighted by atomic mass is 32.2. The van der Waals surface area contributed by atoms with Crippen molar-refractivity contribution in [2.24, 2.45) is 0 Å². The number of phenols is 1. The van der Waals surface area contributed by atoms with Gasteiger partial charge in [-0.3, -0.25) is 0 Å². The van der Waals surface area contributed by atoms with Crippen molar-refractivity contribution in [1.82, 2.24) is 29.9 Å². The van der Waals surface area contributed by atoms with Gasteiger partial charge in [0.2, 0.25) is 0 Å². The molecule has 8 aromatic carbocycles. The minimum Gasteiger partial charge on any atom is -0.508 e. The fraction of sp³-hybridized carbons (Fsp3) is 0.178. The molecule has 3 heterocycles. The van der Waals surface area contributed by atoms with Gasteiger partial charge in [-0.25, -0.2) is 94.5 Å². The van der Waals surface area contributed by atoms with Crippen molar-refractivity contribution < 1.29 is 169 Å². The van der Waals surface area contributed by atoms with Crippen LogP contribution in [0.4, 0.5) is 121 Å². The zero-order valence-electron chi connectivity index (χ0n) is 61.0. The summed E-state index contributed by atoms with van der Waals surface area (Å²) < 4.78 is 440. The number of halogens is 25. The highest BCUT2D eigenvalue weighted by Crippen LogP contribution is 2.45. The number of rotatable bonds is 21. The third kappa shape index (κ3) is 24.1. The van der Waals surface area contributed by atoms with Crippen LogP contribution in [-0.4, -0.2) is 88.7 Å². The molecule has 0 aliphatic rings. The van der Waals surface area contributed by atoms with E-state index in [9.17, 15) is 126 Å². The highest BCUT2D eigenvalue weighted by molar-refractivity contribution is 7.93. The first-order chi connectivity index (χ1) is 56.6. The lowest BCUT2D eigenvalue weighted by atomic mass is 10.1. The van der Waals surface area contributed by atoms with E-state index in [1.807, 2.05) is 0 Å². The largest absolute Gasteiger partial charge is 0.508 e. The minimum atomic E-state index is -5.24. The predicted molar refractivity (Wildman–Crippen MR) is 373 cm³/mol. The molecule has 49 heteroatoms. The molecule has 0 aliphatic carbocycles. The Kier molecular flexibility index (Phi) is 29.1. The van der Waals surface area contributed by atoms with E-state index in [0.29, 0.717) is 33.2 Å². The molecule has 11 rings (SSSR count). The Morgan fingerprint density at radius 3 is 0.975 bits per heavy atom. The maximum Gasteiger partial charge on any atom is 0.416 e. The van der Waals surface area contributed by atoms with Gasteiger partial charge in [0.15, 0.2) is 44.6 Å². The number of sulfonamides is 2. The van der Waals surface area contributed by atoms with E-state index in [1.54, 1.807) is 12.1 Å². The molecule has 652 valence electrons. The van der Waals surface area contributed by atoms with E-state index in [2.05, 4.69) is 29.9 Å². The zero-order chi connectivity index (χ0) is 90.8. The second kappa shape index (κ2) is 37.5. The van der Waals surface area contributed by atoms with Crippen LogP contribution in [0.2, 0.25) is 0 Å². The van der Waals surface area contributed by atoms with E-state index >= 15 is 8.78 Å². The summed E-state index contributed by atoms with van der Waals surface area (Å²) in [6, 6.07) is 14.7. The monoisotopic (exact) mass is 1820 g/mol. The van der Waals surface area contributed by atoms with Gasteiger partial charge < -0.3 is 33.5 Å². The van der Waals surface area contributed by atoms with Crippen LogP contribution >= 0.6 is 0 Å². The number of anilines is 2. The number of methoxy groups -OCH3 is 4. The van der Waals surface area contributed by atoms with Crippen LogP contribution in [0.1, 0.15) is 50.2 Å². The minimum absolute atomic E-state index is 0.0335. The summed E-state index contributed by atoms with van der Waals surface area (Å²) in [7, 11) is -8.62. The van der Waals surface area contributed by atoms with Crippen LogP contribution in [0, 0.1) is 40.7 Å². The molecule has 3 aromatic heterocycles. The molecule has 0 fully saturated rings. The number of hydrogen-bond donors (Lipinski definition) is 1. The van der Waals surface area contributed by atoms with Crippen LogP contribution in [0.3, 0.4) is 0 Å². The normalized spacial score (nSPS) is 12.1. The number of aromatic hydroxyl groups is 1. The number of ether oxygens (including phenoxy) is 6. The van der Waals surface area contributed by atoms with E-state index in [1.165, 1.54) is 89.5 Å². The Morgan fingerprint density at radius 1 is 0.328 bits per heavy atom. The summed E-state index contributed by atoms with van der Waals surface area (Å²) in [5.74, 6) is -16.2. The van der Waals surface area contributed by atoms with Gasteiger partial charge in [0.25, 0.3) is 20.0 Å². The van der Waals surface area contributed by atoms with Crippen molar-refractivity contribution >= 4 is 41.5 Å². The molecule has 0 spiro atoms. The molecular weight excluding hydrogens is 1770 g/mol. The Morgan fingerprint density at radius 2 is 0.648 bits per heavy atom. The molecule has 11 aromatic rings. The summed E-state index contributed by atoms with van der Waals surface area (Å²) in [4.78, 5) is 19.1. The molecule has 0 saturated heterocycles. The third-order valence-electron chi connectivity index (χ3n) is 15.8. The van der Waals surface area contributed by atoms with Gasteiger partial charge in [-0.05, 0) is 91.0 Å². The van der Waals surface area contributed by atoms with Crippen molar-refractivity contribution in [1.29, 1.82) is 0 Å². The van der Waals surface area contributed by atoms with Crippen LogP contribution < -0.4 is 37.0 Å². The van der Waals surface area contributed by atoms with Crippen LogP contribution in [0.15, 0.2) is 198 Å². The number of phenolic OH excluding ortho intramolecular Hbond substituents is 1. The lowest BCUT2D eigenvalue weighted by Gasteiger charge is -2.25. The molecule has 0 saturated carbocycles. The second-order valence-corrected chi connectivity index (χ2v) is 29.7. The summed E-state index contributed by atoms with van der Waals surface area (Å²) in [6.07, 6.45) is -23.9. The molecule has 0 atom stereocenters. The molecule has 0 bridgehead atoms. The first-order valence-corrected chi connectivity index (χ1v) is 37.2. The van der Waals surface area contributed by atoms with Crippen molar-refractivity contribution in [3.63, 3.8) is 0 Å². The molecule has 21 nitrogen and oxygen atoms in total. The van der Waals surface area contributed by atoms with Gasteiger partial charge in [-0.2, -0.15) is 79.0 Å². The third-order valence-corrected chi connectivity index (χ3v) is 21.0. The van der Waals surface area contributed by atoms with Gasteiger partial charge in [0.05, 0.1) is 86.4 Å². The van der Waals surface area contributed by atoms with E-state index in [4.69, 9.17) is 33.5 Å². The maximum atomic E-state index is 15.3. The average Bonchev–Trinajstić information content (AvgIpc) is 0.768. The van der Waals surface area contributed by atoms with Crippen molar-refractivity contribution in [3.8, 4) is 51.7 Å². The van der Waals surface area contributed by atoms with Gasteiger partial charge in [0, 0.05) is 84.3 Å². The maximum absolute atomic E-state index is 15.3. The summed E-state index contributed by atoms with van der Waals surface area (Å²) in [6.45, 7) is -0.860. The Balaban J connectivity index is 0.000000213. The van der Waals surface area contributed by atoms with E-state index in [0.717, 1.165) is 23.3 Å². The van der Waals surface area contributed by atoms with Crippen molar-refractivity contribution in [3.05, 3.63) is 274 Å². The lowest BCUT2D eigenvalue weighted by Crippen LogP contribution is -2.32. The summed E-state index contributed by atoms with van der Waals surface area (Å²) in [5, 5.41) is 8.72. The first-order valence-electron chi connectivity index (χ1n) is 32.6. The van der Waals surface area contributed by atoms with Crippen LogP contribution in [-0.2, 0) is 85.8 Å². The lowest BCUT2D eigenvalue weighted by molar-refractivity contribution is -0.144. The molecular formula is C73H49F25N8O13S3. The average molecular weight is 1820 g/mol. The van der Waals surface area contributed by atoms with Gasteiger partial charge in [0.1, 0.15) is 103 Å². The number of aromatic nitrogens is 6. The number of hydrogen-bond acceptors (Lipinski definition) is 19. The fourth-order valence-electron chi connectivity index (χ4n) is 10.1. The fourth-order valence-corrected chi connectivity index (χ4v) is 14.4. The molecule has 1 N–H and O–H groups in total. The number of benzene rings is 8. The zero-order valence-corrected chi connectivity index (χ0v) is 63.5. The SMILES string of the molecule is COc1ccc(CN(c2ccncn2)S(=O)(=O)c2cc(F)c(F)cc2F)c(OC)c1.COc1ccc(CN(c2ccncn2)S(=O)(=O)c2cc(F)c(Oc3cc(C(F)(F)F)cc(C(F)(F)F)c3)cc2F)c(OC)c1.O=S(=O)(Cc1ccncn1)c1cc(F)c(Oc2cc(C(F)(F)F)cc(C(F)(F)F)c2)cc1F.Oc1cc(C(F)(F)F)cc(C(F)(F)F)c1. The second-order valence-electron chi connectivity index (χ2n) is 24.0. The summed E-state index contributed by atoms with van der Waals surface area (Å²) >= 11 is 0. The smallest absolute Gasteiger partial charge is 0.416 e. The molecule has 122 heavy (non-hydrogen) atoms. The quantitative estimate of drug-likeness (QED) is 0.0517. The Labute approximate surface area is 670 Å². The number of nitrogens with zero attached hydrogens (tertiary/aromatic N) is 8. The van der Waals surface area contributed by atoms with Crippen LogP contribution in [0.5, 0.6) is 51.7 Å². The standard InChI is InChI=1S/C27H19F8N3O5S.C19H10F8N2O3S.C19H16F3N3O4S.C8H4F6O/c1-41-18-4-3-15(22(10-18)42-2)13-38(25-5-6-36-14-37-25)44(39,40)24-12-20(28)23(11-21(24)29)43-19-8-16(26(30,31)32)7-17(9-19)27(33,34)35;20-14-7-17(33(30,31)8-12-1-2-28-9-29-12)15(21)6-16(14)32-13-4-10(18(22,23)24)3-11(5-13)19(25,26)27;1-28-13-4-3-12(17(7-13)29-2)10-25(19-5-6-23-11-24-19)30(26,27)18-9-15(21)14(20)8-16(18)22;9-7(10,11)4-1-5(8(12,13)14)3-6(15)2-4/h3-12,14H,13H2,1-2H3;1-7,9H,8H2;3-9,11H,10H2,1-2H3;1-3,15H. The Hall–Kier alpha value is -12.7. The van der Waals surface area contributed by atoms with Crippen molar-refractivity contribution in [2.75, 3.05) is 37.0 Å². The van der Waals surface area contributed by atoms with E-state index in [-0.39, 0.29) is 120 Å². The molecule has 0 unspecified atom stereocenters. The molecule has 0 radical (unpaired) electrons. The van der Waals surface area contributed by atoms with Gasteiger partial charge in [-0.15, -0.1) is 0 Å². The number of alkyl halides is 18.